The normalized spacial score (nSPS) is 20.9. The van der Waals surface area contributed by atoms with Crippen molar-refractivity contribution >= 4 is 10.9 Å². The van der Waals surface area contributed by atoms with Crippen molar-refractivity contribution in [1.82, 2.24) is 9.88 Å². The molecule has 0 radical (unpaired) electrons. The van der Waals surface area contributed by atoms with Crippen molar-refractivity contribution < 1.29 is 0 Å². The number of likely N-dealkylation sites (tertiary alicyclic amines) is 1. The predicted molar refractivity (Wildman–Crippen MR) is 75.5 cm³/mol. The van der Waals surface area contributed by atoms with Crippen LogP contribution in [0.2, 0.25) is 0 Å². The minimum Gasteiger partial charge on any atom is -0.361 e. The zero-order valence-corrected chi connectivity index (χ0v) is 10.9. The van der Waals surface area contributed by atoms with E-state index in [9.17, 15) is 0 Å². The predicted octanol–water partition coefficient (Wildman–Crippen LogP) is 2.12. The molecule has 1 aliphatic heterocycles. The van der Waals surface area contributed by atoms with Crippen LogP contribution in [-0.2, 0) is 13.0 Å². The molecule has 0 bridgehead atoms. The third-order valence-electron chi connectivity index (χ3n) is 4.07. The minimum absolute atomic E-state index is 0.618. The van der Waals surface area contributed by atoms with Gasteiger partial charge in [0.25, 0.3) is 0 Å². The van der Waals surface area contributed by atoms with Crippen molar-refractivity contribution in [2.45, 2.75) is 19.4 Å². The monoisotopic (exact) mass is 243 g/mol. The van der Waals surface area contributed by atoms with Crippen molar-refractivity contribution in [2.75, 3.05) is 20.1 Å². The molecule has 1 atom stereocenters. The Bertz CT molecular complexity index is 544. The van der Waals surface area contributed by atoms with Crippen molar-refractivity contribution in [3.8, 4) is 0 Å². The van der Waals surface area contributed by atoms with Crippen LogP contribution in [0.25, 0.3) is 10.9 Å². The topological polar surface area (TPSA) is 45.0 Å². The lowest BCUT2D eigenvalue weighted by Gasteiger charge is -2.09. The van der Waals surface area contributed by atoms with E-state index in [-0.39, 0.29) is 0 Å². The molecular weight excluding hydrogens is 222 g/mol. The van der Waals surface area contributed by atoms with Crippen molar-refractivity contribution in [3.05, 3.63) is 35.5 Å². The number of nitrogens with zero attached hydrogens (tertiary/aromatic N) is 1. The fourth-order valence-corrected chi connectivity index (χ4v) is 3.03. The molecule has 0 amide bonds. The first-order chi connectivity index (χ1) is 8.76. The van der Waals surface area contributed by atoms with E-state index < -0.39 is 0 Å². The van der Waals surface area contributed by atoms with Crippen molar-refractivity contribution in [3.63, 3.8) is 0 Å². The molecule has 3 heteroatoms. The molecule has 3 rings (SSSR count). The number of aromatic nitrogens is 1. The number of benzene rings is 1. The third kappa shape index (κ3) is 2.16. The Hall–Kier alpha value is -1.32. The quantitative estimate of drug-likeness (QED) is 0.867. The second-order valence-corrected chi connectivity index (χ2v) is 5.52. The number of fused-ring (bicyclic) bond motifs is 1. The molecule has 2 heterocycles. The lowest BCUT2D eigenvalue weighted by Crippen LogP contribution is -2.14. The van der Waals surface area contributed by atoms with Gasteiger partial charge in [0.1, 0.15) is 0 Å². The highest BCUT2D eigenvalue weighted by atomic mass is 15.1. The van der Waals surface area contributed by atoms with Gasteiger partial charge in [0.15, 0.2) is 0 Å². The zero-order valence-electron chi connectivity index (χ0n) is 10.9. The Balaban J connectivity index is 1.87. The first-order valence-corrected chi connectivity index (χ1v) is 6.74. The highest BCUT2D eigenvalue weighted by Crippen LogP contribution is 2.25. The molecule has 1 aromatic carbocycles. The van der Waals surface area contributed by atoms with Gasteiger partial charge in [-0.25, -0.2) is 0 Å². The molecule has 1 unspecified atom stereocenters. The van der Waals surface area contributed by atoms with Gasteiger partial charge in [-0.05, 0) is 55.6 Å². The Kier molecular flexibility index (Phi) is 3.10. The first kappa shape index (κ1) is 11.8. The van der Waals surface area contributed by atoms with Crippen LogP contribution in [0.1, 0.15) is 17.5 Å². The summed E-state index contributed by atoms with van der Waals surface area (Å²) in [5.74, 6) is 0.801. The standard InChI is InChI=1S/C15H21N3/c1-18-5-4-12(10-18)6-13-9-17-15-3-2-11(8-16)7-14(13)15/h2-3,7,9,12,17H,4-6,8,10,16H2,1H3. The van der Waals surface area contributed by atoms with Crippen LogP contribution in [0.4, 0.5) is 0 Å². The van der Waals surface area contributed by atoms with Crippen LogP contribution >= 0.6 is 0 Å². The van der Waals surface area contributed by atoms with Crippen LogP contribution in [0.5, 0.6) is 0 Å². The summed E-state index contributed by atoms with van der Waals surface area (Å²) >= 11 is 0. The van der Waals surface area contributed by atoms with Gasteiger partial charge in [-0.3, -0.25) is 0 Å². The SMILES string of the molecule is CN1CCC(Cc2c[nH]c3ccc(CN)cc23)C1. The van der Waals surface area contributed by atoms with Gasteiger partial charge >= 0.3 is 0 Å². The molecular formula is C15H21N3. The Morgan fingerprint density at radius 2 is 2.33 bits per heavy atom. The number of H-pyrrole nitrogens is 1. The lowest BCUT2D eigenvalue weighted by atomic mass is 9.97. The van der Waals surface area contributed by atoms with Crippen LogP contribution in [-0.4, -0.2) is 30.0 Å². The van der Waals surface area contributed by atoms with Crippen LogP contribution in [0.15, 0.2) is 24.4 Å². The molecule has 0 aliphatic carbocycles. The number of nitrogens with one attached hydrogen (secondary N) is 1. The summed E-state index contributed by atoms with van der Waals surface area (Å²) in [6.07, 6.45) is 4.67. The Labute approximate surface area is 108 Å². The molecule has 1 saturated heterocycles. The average molecular weight is 243 g/mol. The molecule has 3 N–H and O–H groups in total. The summed E-state index contributed by atoms with van der Waals surface area (Å²) in [4.78, 5) is 5.79. The van der Waals surface area contributed by atoms with Gasteiger partial charge in [0, 0.05) is 30.2 Å². The van der Waals surface area contributed by atoms with E-state index >= 15 is 0 Å². The molecule has 18 heavy (non-hydrogen) atoms. The van der Waals surface area contributed by atoms with Gasteiger partial charge in [-0.1, -0.05) is 6.07 Å². The Morgan fingerprint density at radius 1 is 1.44 bits per heavy atom. The first-order valence-electron chi connectivity index (χ1n) is 6.74. The van der Waals surface area contributed by atoms with E-state index in [1.165, 1.54) is 48.0 Å². The van der Waals surface area contributed by atoms with Gasteiger partial charge in [-0.2, -0.15) is 0 Å². The summed E-state index contributed by atoms with van der Waals surface area (Å²) in [5.41, 5.74) is 9.61. The van der Waals surface area contributed by atoms with Gasteiger partial charge in [0.05, 0.1) is 0 Å². The third-order valence-corrected chi connectivity index (χ3v) is 4.07. The average Bonchev–Trinajstić information content (AvgIpc) is 2.96. The number of nitrogens with two attached hydrogens (primary N) is 1. The van der Waals surface area contributed by atoms with Crippen molar-refractivity contribution in [1.29, 1.82) is 0 Å². The second kappa shape index (κ2) is 4.75. The largest absolute Gasteiger partial charge is 0.361 e. The minimum atomic E-state index is 0.618. The highest BCUT2D eigenvalue weighted by molar-refractivity contribution is 5.83. The highest BCUT2D eigenvalue weighted by Gasteiger charge is 2.20. The number of rotatable bonds is 3. The van der Waals surface area contributed by atoms with Gasteiger partial charge in [0.2, 0.25) is 0 Å². The van der Waals surface area contributed by atoms with Gasteiger partial charge in [-0.15, -0.1) is 0 Å². The molecule has 0 spiro atoms. The summed E-state index contributed by atoms with van der Waals surface area (Å²) < 4.78 is 0. The molecule has 3 nitrogen and oxygen atoms in total. The van der Waals surface area contributed by atoms with Crippen LogP contribution in [0, 0.1) is 5.92 Å². The van der Waals surface area contributed by atoms with Crippen LogP contribution < -0.4 is 5.73 Å². The maximum atomic E-state index is 5.72. The fraction of sp³-hybridized carbons (Fsp3) is 0.467. The van der Waals surface area contributed by atoms with E-state index in [1.807, 2.05) is 0 Å². The summed E-state index contributed by atoms with van der Waals surface area (Å²) in [5, 5.41) is 1.35. The molecule has 1 aliphatic rings. The van der Waals surface area contributed by atoms with Gasteiger partial charge < -0.3 is 15.6 Å². The van der Waals surface area contributed by atoms with E-state index in [0.717, 1.165) is 5.92 Å². The maximum absolute atomic E-state index is 5.72. The smallest absolute Gasteiger partial charge is 0.0457 e. The molecule has 2 aromatic rings. The van der Waals surface area contributed by atoms with E-state index in [0.29, 0.717) is 6.54 Å². The molecule has 1 fully saturated rings. The number of hydrogen-bond acceptors (Lipinski definition) is 2. The van der Waals surface area contributed by atoms with E-state index in [1.54, 1.807) is 0 Å². The number of hydrogen-bond donors (Lipinski definition) is 2. The lowest BCUT2D eigenvalue weighted by molar-refractivity contribution is 0.394. The Morgan fingerprint density at radius 3 is 3.06 bits per heavy atom. The molecule has 1 aromatic heterocycles. The maximum Gasteiger partial charge on any atom is 0.0457 e. The second-order valence-electron chi connectivity index (χ2n) is 5.52. The van der Waals surface area contributed by atoms with E-state index in [4.69, 9.17) is 5.73 Å². The zero-order chi connectivity index (χ0) is 12.5. The number of aromatic amines is 1. The van der Waals surface area contributed by atoms with Crippen LogP contribution in [0.3, 0.4) is 0 Å². The summed E-state index contributed by atoms with van der Waals surface area (Å²) in [6.45, 7) is 3.08. The van der Waals surface area contributed by atoms with E-state index in [2.05, 4.69) is 41.3 Å². The fourth-order valence-electron chi connectivity index (χ4n) is 3.03. The summed E-state index contributed by atoms with van der Waals surface area (Å²) in [6, 6.07) is 6.48. The molecule has 0 saturated carbocycles. The summed E-state index contributed by atoms with van der Waals surface area (Å²) in [7, 11) is 2.21. The van der Waals surface area contributed by atoms with Crippen molar-refractivity contribution in [2.24, 2.45) is 11.7 Å². The molecule has 96 valence electrons.